The molecule has 0 heterocycles. The van der Waals surface area contributed by atoms with Crippen molar-refractivity contribution >= 4 is 27.7 Å². The molecule has 1 atom stereocenters. The molecule has 2 aromatic rings. The van der Waals surface area contributed by atoms with Crippen LogP contribution in [-0.4, -0.2) is 17.9 Å². The summed E-state index contributed by atoms with van der Waals surface area (Å²) in [6.45, 7) is 1.50. The number of hydrogen-bond donors (Lipinski definition) is 0. The SMILES string of the molecule is CC(OC(=O)c1ccc(F)cc1Br)C(=O)c1ccccc1. The fourth-order valence-corrected chi connectivity index (χ4v) is 2.28. The summed E-state index contributed by atoms with van der Waals surface area (Å²) < 4.78 is 18.4. The summed E-state index contributed by atoms with van der Waals surface area (Å²) in [6, 6.07) is 12.2. The zero-order valence-electron chi connectivity index (χ0n) is 11.2. The third kappa shape index (κ3) is 3.76. The van der Waals surface area contributed by atoms with Crippen molar-refractivity contribution in [3.63, 3.8) is 0 Å². The van der Waals surface area contributed by atoms with E-state index in [1.54, 1.807) is 30.3 Å². The van der Waals surface area contributed by atoms with Gasteiger partial charge >= 0.3 is 5.97 Å². The molecule has 2 aromatic carbocycles. The van der Waals surface area contributed by atoms with Crippen LogP contribution < -0.4 is 0 Å². The van der Waals surface area contributed by atoms with Crippen LogP contribution >= 0.6 is 15.9 Å². The van der Waals surface area contributed by atoms with E-state index in [0.717, 1.165) is 6.07 Å². The second-order valence-corrected chi connectivity index (χ2v) is 5.26. The van der Waals surface area contributed by atoms with Crippen LogP contribution in [0.1, 0.15) is 27.6 Å². The van der Waals surface area contributed by atoms with Gasteiger partial charge in [0.05, 0.1) is 5.56 Å². The number of halogens is 2. The minimum atomic E-state index is -0.920. The monoisotopic (exact) mass is 350 g/mol. The van der Waals surface area contributed by atoms with Gasteiger partial charge in [-0.25, -0.2) is 9.18 Å². The van der Waals surface area contributed by atoms with E-state index < -0.39 is 17.9 Å². The summed E-state index contributed by atoms with van der Waals surface area (Å²) in [5.74, 6) is -1.44. The van der Waals surface area contributed by atoms with Gasteiger partial charge < -0.3 is 4.74 Å². The van der Waals surface area contributed by atoms with Crippen LogP contribution in [0.2, 0.25) is 0 Å². The van der Waals surface area contributed by atoms with E-state index in [9.17, 15) is 14.0 Å². The van der Waals surface area contributed by atoms with Gasteiger partial charge in [0.1, 0.15) is 5.82 Å². The molecule has 0 aromatic heterocycles. The van der Waals surface area contributed by atoms with Crippen LogP contribution in [0.15, 0.2) is 53.0 Å². The van der Waals surface area contributed by atoms with Crippen molar-refractivity contribution in [2.75, 3.05) is 0 Å². The first-order valence-corrected chi connectivity index (χ1v) is 7.03. The molecule has 0 bridgehead atoms. The molecule has 0 spiro atoms. The van der Waals surface area contributed by atoms with Gasteiger partial charge in [0, 0.05) is 10.0 Å². The summed E-state index contributed by atoms with van der Waals surface area (Å²) in [7, 11) is 0. The Hall–Kier alpha value is -2.01. The molecule has 5 heteroatoms. The van der Waals surface area contributed by atoms with E-state index in [2.05, 4.69) is 15.9 Å². The number of rotatable bonds is 4. The second kappa shape index (κ2) is 6.63. The molecular formula is C16H12BrFO3. The average molecular weight is 351 g/mol. The second-order valence-electron chi connectivity index (χ2n) is 4.40. The van der Waals surface area contributed by atoms with Crippen molar-refractivity contribution in [3.8, 4) is 0 Å². The lowest BCUT2D eigenvalue weighted by Gasteiger charge is -2.13. The van der Waals surface area contributed by atoms with Gasteiger partial charge in [-0.3, -0.25) is 4.79 Å². The highest BCUT2D eigenvalue weighted by molar-refractivity contribution is 9.10. The van der Waals surface area contributed by atoms with Gasteiger partial charge in [0.15, 0.2) is 6.10 Å². The highest BCUT2D eigenvalue weighted by Gasteiger charge is 2.21. The van der Waals surface area contributed by atoms with Crippen molar-refractivity contribution in [1.82, 2.24) is 0 Å². The van der Waals surface area contributed by atoms with Crippen molar-refractivity contribution < 1.29 is 18.7 Å². The summed E-state index contributed by atoms with van der Waals surface area (Å²) >= 11 is 3.09. The smallest absolute Gasteiger partial charge is 0.340 e. The van der Waals surface area contributed by atoms with Gasteiger partial charge in [-0.15, -0.1) is 0 Å². The first-order chi connectivity index (χ1) is 9.99. The van der Waals surface area contributed by atoms with Crippen LogP contribution in [0.25, 0.3) is 0 Å². The lowest BCUT2D eigenvalue weighted by Crippen LogP contribution is -2.24. The third-order valence-electron chi connectivity index (χ3n) is 2.86. The zero-order valence-corrected chi connectivity index (χ0v) is 12.8. The van der Waals surface area contributed by atoms with Crippen LogP contribution in [0, 0.1) is 5.82 Å². The van der Waals surface area contributed by atoms with Crippen molar-refractivity contribution in [1.29, 1.82) is 0 Å². The Kier molecular flexibility index (Phi) is 4.85. The number of carbonyl (C=O) groups is 2. The summed E-state index contributed by atoms with van der Waals surface area (Å²) in [5, 5.41) is 0. The van der Waals surface area contributed by atoms with Gasteiger partial charge in [0.25, 0.3) is 0 Å². The Bertz CT molecular complexity index is 670. The largest absolute Gasteiger partial charge is 0.451 e. The number of ketones is 1. The number of Topliss-reactive ketones (excluding diaryl/α,β-unsaturated/α-hetero) is 1. The first kappa shape index (κ1) is 15.4. The molecule has 0 saturated carbocycles. The van der Waals surface area contributed by atoms with E-state index in [1.807, 2.05) is 0 Å². The molecule has 2 rings (SSSR count). The predicted molar refractivity (Wildman–Crippen MR) is 79.8 cm³/mol. The van der Waals surface area contributed by atoms with Crippen LogP contribution in [0.5, 0.6) is 0 Å². The standard InChI is InChI=1S/C16H12BrFO3/c1-10(15(19)11-5-3-2-4-6-11)21-16(20)13-8-7-12(18)9-14(13)17/h2-10H,1H3. The quantitative estimate of drug-likeness (QED) is 0.617. The molecule has 3 nitrogen and oxygen atoms in total. The molecule has 0 saturated heterocycles. The number of hydrogen-bond acceptors (Lipinski definition) is 3. The number of benzene rings is 2. The van der Waals surface area contributed by atoms with Crippen LogP contribution in [0.3, 0.4) is 0 Å². The number of ether oxygens (including phenoxy) is 1. The normalized spacial score (nSPS) is 11.8. The van der Waals surface area contributed by atoms with Crippen molar-refractivity contribution in [2.24, 2.45) is 0 Å². The Morgan fingerprint density at radius 1 is 1.14 bits per heavy atom. The molecule has 0 amide bonds. The Labute approximate surface area is 129 Å². The van der Waals surface area contributed by atoms with Gasteiger partial charge in [-0.2, -0.15) is 0 Å². The Balaban J connectivity index is 2.10. The van der Waals surface area contributed by atoms with E-state index >= 15 is 0 Å². The maximum Gasteiger partial charge on any atom is 0.340 e. The van der Waals surface area contributed by atoms with Crippen LogP contribution in [-0.2, 0) is 4.74 Å². The fourth-order valence-electron chi connectivity index (χ4n) is 1.77. The summed E-state index contributed by atoms with van der Waals surface area (Å²) in [6.07, 6.45) is -0.920. The summed E-state index contributed by atoms with van der Waals surface area (Å²) in [5.41, 5.74) is 0.639. The van der Waals surface area contributed by atoms with Gasteiger partial charge in [0.2, 0.25) is 5.78 Å². The van der Waals surface area contributed by atoms with Gasteiger partial charge in [-0.1, -0.05) is 30.3 Å². The minimum absolute atomic E-state index is 0.170. The predicted octanol–water partition coefficient (Wildman–Crippen LogP) is 4.02. The maximum atomic E-state index is 13.0. The third-order valence-corrected chi connectivity index (χ3v) is 3.52. The number of carbonyl (C=O) groups excluding carboxylic acids is 2. The molecule has 21 heavy (non-hydrogen) atoms. The van der Waals surface area contributed by atoms with E-state index in [-0.39, 0.29) is 15.8 Å². The molecule has 1 unspecified atom stereocenters. The van der Waals surface area contributed by atoms with E-state index in [1.165, 1.54) is 19.1 Å². The lowest BCUT2D eigenvalue weighted by atomic mass is 10.1. The number of esters is 1. The van der Waals surface area contributed by atoms with E-state index in [0.29, 0.717) is 5.56 Å². The molecule has 0 aliphatic heterocycles. The van der Waals surface area contributed by atoms with Crippen molar-refractivity contribution in [2.45, 2.75) is 13.0 Å². The first-order valence-electron chi connectivity index (χ1n) is 6.24. The highest BCUT2D eigenvalue weighted by atomic mass is 79.9. The molecule has 0 aliphatic carbocycles. The maximum absolute atomic E-state index is 13.0. The molecule has 108 valence electrons. The topological polar surface area (TPSA) is 43.4 Å². The molecule has 0 N–H and O–H groups in total. The Morgan fingerprint density at radius 2 is 1.81 bits per heavy atom. The highest BCUT2D eigenvalue weighted by Crippen LogP contribution is 2.20. The summed E-state index contributed by atoms with van der Waals surface area (Å²) in [4.78, 5) is 24.1. The zero-order chi connectivity index (χ0) is 15.4. The molecule has 0 aliphatic rings. The van der Waals surface area contributed by atoms with Crippen molar-refractivity contribution in [3.05, 3.63) is 69.9 Å². The van der Waals surface area contributed by atoms with Gasteiger partial charge in [-0.05, 0) is 41.1 Å². The fraction of sp³-hybridized carbons (Fsp3) is 0.125. The van der Waals surface area contributed by atoms with Crippen LogP contribution in [0.4, 0.5) is 4.39 Å². The molecule has 0 fully saturated rings. The lowest BCUT2D eigenvalue weighted by molar-refractivity contribution is 0.0318. The Morgan fingerprint density at radius 3 is 2.43 bits per heavy atom. The van der Waals surface area contributed by atoms with E-state index in [4.69, 9.17) is 4.74 Å². The molecule has 0 radical (unpaired) electrons. The molecular weight excluding hydrogens is 339 g/mol. The average Bonchev–Trinajstić information content (AvgIpc) is 2.47. The minimum Gasteiger partial charge on any atom is -0.451 e.